The maximum absolute atomic E-state index is 10.6. The third-order valence-corrected chi connectivity index (χ3v) is 3.88. The maximum Gasteiger partial charge on any atom is 0.269 e. The summed E-state index contributed by atoms with van der Waals surface area (Å²) in [6.07, 6.45) is 1.72. The molecular formula is C18H23ClN2O3. The van der Waals surface area contributed by atoms with Gasteiger partial charge in [-0.25, -0.2) is 0 Å². The number of aliphatic hydroxyl groups is 1. The number of nitro groups is 1. The Kier molecular flexibility index (Phi) is 8.40. The van der Waals surface area contributed by atoms with Crippen LogP contribution in [0.25, 0.3) is 0 Å². The molecule has 0 aliphatic rings. The fourth-order valence-electron chi connectivity index (χ4n) is 2.53. The molecule has 130 valence electrons. The minimum absolute atomic E-state index is 0. The molecule has 2 aromatic carbocycles. The Bertz CT molecular complexity index is 620. The van der Waals surface area contributed by atoms with Gasteiger partial charge in [-0.05, 0) is 30.9 Å². The van der Waals surface area contributed by atoms with Gasteiger partial charge >= 0.3 is 0 Å². The van der Waals surface area contributed by atoms with Crippen molar-refractivity contribution >= 4 is 18.1 Å². The molecule has 2 rings (SSSR count). The largest absolute Gasteiger partial charge is 0.394 e. The zero-order valence-electron chi connectivity index (χ0n) is 13.6. The Morgan fingerprint density at radius 3 is 2.29 bits per heavy atom. The first-order valence-corrected chi connectivity index (χ1v) is 7.75. The molecule has 2 aromatic rings. The molecule has 0 spiro atoms. The highest BCUT2D eigenvalue weighted by Gasteiger charge is 2.13. The van der Waals surface area contributed by atoms with Crippen molar-refractivity contribution in [2.24, 2.45) is 0 Å². The molecule has 2 N–H and O–H groups in total. The standard InChI is InChI=1S/C18H22N2O3.ClH/c1-14(19-18(13-21)16-5-3-2-4-6-16)7-8-15-9-11-17(12-10-15)20(22)23;/h2-6,9-12,14,18-19,21H,7-8,13H2,1H3;1H/t14?,18-;/m0./s1. The summed E-state index contributed by atoms with van der Waals surface area (Å²) in [6.45, 7) is 2.13. The van der Waals surface area contributed by atoms with E-state index in [2.05, 4.69) is 12.2 Å². The number of non-ortho nitro benzene ring substituents is 1. The highest BCUT2D eigenvalue weighted by Crippen LogP contribution is 2.16. The number of halogens is 1. The number of hydrogen-bond donors (Lipinski definition) is 2. The van der Waals surface area contributed by atoms with Crippen molar-refractivity contribution < 1.29 is 10.0 Å². The van der Waals surface area contributed by atoms with Gasteiger partial charge in [0.2, 0.25) is 0 Å². The molecule has 5 nitrogen and oxygen atoms in total. The van der Waals surface area contributed by atoms with E-state index in [1.54, 1.807) is 12.1 Å². The first kappa shape index (κ1) is 20.1. The Morgan fingerprint density at radius 1 is 1.12 bits per heavy atom. The van der Waals surface area contributed by atoms with E-state index in [-0.39, 0.29) is 41.7 Å². The first-order valence-electron chi connectivity index (χ1n) is 7.75. The van der Waals surface area contributed by atoms with Crippen LogP contribution in [0.1, 0.15) is 30.5 Å². The highest BCUT2D eigenvalue weighted by molar-refractivity contribution is 5.85. The summed E-state index contributed by atoms with van der Waals surface area (Å²) in [4.78, 5) is 10.3. The average Bonchev–Trinajstić information content (AvgIpc) is 2.59. The van der Waals surface area contributed by atoms with Crippen molar-refractivity contribution in [3.8, 4) is 0 Å². The molecule has 0 radical (unpaired) electrons. The van der Waals surface area contributed by atoms with Crippen LogP contribution in [0.4, 0.5) is 5.69 Å². The van der Waals surface area contributed by atoms with Crippen LogP contribution in [-0.4, -0.2) is 22.7 Å². The number of nitrogens with one attached hydrogen (secondary N) is 1. The molecule has 0 fully saturated rings. The van der Waals surface area contributed by atoms with Crippen molar-refractivity contribution in [3.63, 3.8) is 0 Å². The van der Waals surface area contributed by atoms with Crippen LogP contribution < -0.4 is 5.32 Å². The number of rotatable bonds is 8. The van der Waals surface area contributed by atoms with E-state index in [9.17, 15) is 15.2 Å². The maximum atomic E-state index is 10.6. The second-order valence-electron chi connectivity index (χ2n) is 5.68. The minimum Gasteiger partial charge on any atom is -0.394 e. The summed E-state index contributed by atoms with van der Waals surface area (Å²) >= 11 is 0. The van der Waals surface area contributed by atoms with E-state index in [1.165, 1.54) is 12.1 Å². The summed E-state index contributed by atoms with van der Waals surface area (Å²) < 4.78 is 0. The van der Waals surface area contributed by atoms with Gasteiger partial charge in [-0.2, -0.15) is 0 Å². The van der Waals surface area contributed by atoms with Crippen molar-refractivity contribution in [1.29, 1.82) is 0 Å². The SMILES string of the molecule is CC(CCc1ccc([N+](=O)[O-])cc1)N[C@@H](CO)c1ccccc1.Cl. The van der Waals surface area contributed by atoms with Crippen LogP contribution in [0.3, 0.4) is 0 Å². The molecule has 0 saturated heterocycles. The van der Waals surface area contributed by atoms with E-state index in [0.717, 1.165) is 24.0 Å². The second-order valence-corrected chi connectivity index (χ2v) is 5.68. The van der Waals surface area contributed by atoms with E-state index < -0.39 is 0 Å². The Balaban J connectivity index is 0.00000288. The molecule has 0 saturated carbocycles. The quantitative estimate of drug-likeness (QED) is 0.562. The fourth-order valence-corrected chi connectivity index (χ4v) is 2.53. The minimum atomic E-state index is -0.389. The van der Waals surface area contributed by atoms with Gasteiger partial charge in [0.25, 0.3) is 5.69 Å². The van der Waals surface area contributed by atoms with E-state index in [0.29, 0.717) is 0 Å². The number of hydrogen-bond acceptors (Lipinski definition) is 4. The van der Waals surface area contributed by atoms with Gasteiger partial charge in [0.05, 0.1) is 17.6 Å². The number of nitrogens with zero attached hydrogens (tertiary/aromatic N) is 1. The van der Waals surface area contributed by atoms with E-state index in [4.69, 9.17) is 0 Å². The van der Waals surface area contributed by atoms with Crippen molar-refractivity contribution in [3.05, 3.63) is 75.8 Å². The Morgan fingerprint density at radius 2 is 1.75 bits per heavy atom. The molecule has 24 heavy (non-hydrogen) atoms. The molecule has 0 bridgehead atoms. The summed E-state index contributed by atoms with van der Waals surface area (Å²) in [5.74, 6) is 0. The summed E-state index contributed by atoms with van der Waals surface area (Å²) in [7, 11) is 0. The van der Waals surface area contributed by atoms with E-state index >= 15 is 0 Å². The summed E-state index contributed by atoms with van der Waals surface area (Å²) in [6, 6.07) is 16.7. The second kappa shape index (κ2) is 10.0. The first-order chi connectivity index (χ1) is 11.1. The van der Waals surface area contributed by atoms with Crippen LogP contribution in [0, 0.1) is 10.1 Å². The van der Waals surface area contributed by atoms with Gasteiger partial charge in [0, 0.05) is 18.2 Å². The van der Waals surface area contributed by atoms with Gasteiger partial charge in [-0.1, -0.05) is 42.5 Å². The highest BCUT2D eigenvalue weighted by atomic mass is 35.5. The lowest BCUT2D eigenvalue weighted by atomic mass is 10.0. The van der Waals surface area contributed by atoms with Gasteiger partial charge in [0.1, 0.15) is 0 Å². The summed E-state index contributed by atoms with van der Waals surface area (Å²) in [5, 5.41) is 23.6. The normalized spacial score (nSPS) is 12.9. The summed E-state index contributed by atoms with van der Waals surface area (Å²) in [5.41, 5.74) is 2.26. The van der Waals surface area contributed by atoms with Crippen LogP contribution in [0.2, 0.25) is 0 Å². The van der Waals surface area contributed by atoms with Gasteiger partial charge < -0.3 is 10.4 Å². The number of nitro benzene ring substituents is 1. The molecular weight excluding hydrogens is 328 g/mol. The number of aliphatic hydroxyl groups excluding tert-OH is 1. The lowest BCUT2D eigenvalue weighted by Gasteiger charge is -2.22. The predicted molar refractivity (Wildman–Crippen MR) is 97.5 cm³/mol. The van der Waals surface area contributed by atoms with Crippen LogP contribution >= 0.6 is 12.4 Å². The number of aryl methyl sites for hydroxylation is 1. The molecule has 6 heteroatoms. The van der Waals surface area contributed by atoms with Crippen LogP contribution in [0.5, 0.6) is 0 Å². The zero-order chi connectivity index (χ0) is 16.7. The van der Waals surface area contributed by atoms with Crippen LogP contribution in [0.15, 0.2) is 54.6 Å². The van der Waals surface area contributed by atoms with Gasteiger partial charge in [-0.15, -0.1) is 12.4 Å². The molecule has 0 aliphatic carbocycles. The fraction of sp³-hybridized carbons (Fsp3) is 0.333. The van der Waals surface area contributed by atoms with Gasteiger partial charge in [-0.3, -0.25) is 10.1 Å². The molecule has 0 aromatic heterocycles. The molecule has 1 unspecified atom stereocenters. The average molecular weight is 351 g/mol. The van der Waals surface area contributed by atoms with Crippen LogP contribution in [-0.2, 0) is 6.42 Å². The van der Waals surface area contributed by atoms with Crippen molar-refractivity contribution in [2.75, 3.05) is 6.61 Å². The molecule has 2 atom stereocenters. The Labute approximate surface area is 148 Å². The van der Waals surface area contributed by atoms with Gasteiger partial charge in [0.15, 0.2) is 0 Å². The predicted octanol–water partition coefficient (Wildman–Crippen LogP) is 3.66. The lowest BCUT2D eigenvalue weighted by molar-refractivity contribution is -0.384. The zero-order valence-corrected chi connectivity index (χ0v) is 14.4. The van der Waals surface area contributed by atoms with Crippen molar-refractivity contribution in [2.45, 2.75) is 31.8 Å². The van der Waals surface area contributed by atoms with Crippen molar-refractivity contribution in [1.82, 2.24) is 5.32 Å². The molecule has 0 heterocycles. The Hall–Kier alpha value is -1.95. The molecule has 0 amide bonds. The third kappa shape index (κ3) is 5.92. The lowest BCUT2D eigenvalue weighted by Crippen LogP contribution is -2.33. The number of benzene rings is 2. The molecule has 0 aliphatic heterocycles. The smallest absolute Gasteiger partial charge is 0.269 e. The topological polar surface area (TPSA) is 75.4 Å². The third-order valence-electron chi connectivity index (χ3n) is 3.88. The van der Waals surface area contributed by atoms with E-state index in [1.807, 2.05) is 30.3 Å². The monoisotopic (exact) mass is 350 g/mol.